The molecule has 3 heteroatoms. The molecule has 21 heavy (non-hydrogen) atoms. The van der Waals surface area contributed by atoms with Crippen molar-refractivity contribution in [2.24, 2.45) is 5.92 Å². The monoisotopic (exact) mass is 281 g/mol. The quantitative estimate of drug-likeness (QED) is 0.751. The summed E-state index contributed by atoms with van der Waals surface area (Å²) in [5, 5.41) is 13.0. The van der Waals surface area contributed by atoms with Gasteiger partial charge < -0.3 is 14.8 Å². The fraction of sp³-hybridized carbons (Fsp3) is 0.333. The standard InChI is InChI=1S/C18H19NO2/c1-11-8-9-21-18(11)17(20)12-6-7-16-14(10-12)13-4-2-3-5-15(13)19-16/h2-7,10-11,17-20H,8-9H2,1H3. The fourth-order valence-corrected chi connectivity index (χ4v) is 3.36. The number of aromatic nitrogens is 1. The van der Waals surface area contributed by atoms with Crippen LogP contribution in [0.2, 0.25) is 0 Å². The van der Waals surface area contributed by atoms with Crippen LogP contribution in [0.4, 0.5) is 0 Å². The van der Waals surface area contributed by atoms with E-state index >= 15 is 0 Å². The Balaban J connectivity index is 1.80. The molecule has 1 fully saturated rings. The van der Waals surface area contributed by atoms with Gasteiger partial charge in [0.25, 0.3) is 0 Å². The summed E-state index contributed by atoms with van der Waals surface area (Å²) in [6.07, 6.45) is 0.380. The number of fused-ring (bicyclic) bond motifs is 3. The second kappa shape index (κ2) is 4.86. The number of H-pyrrole nitrogens is 1. The van der Waals surface area contributed by atoms with Crippen LogP contribution in [-0.4, -0.2) is 22.8 Å². The van der Waals surface area contributed by atoms with Gasteiger partial charge >= 0.3 is 0 Å². The number of rotatable bonds is 2. The SMILES string of the molecule is CC1CCOC1C(O)c1ccc2[nH]c3ccccc3c2c1. The summed E-state index contributed by atoms with van der Waals surface area (Å²) < 4.78 is 5.70. The molecule has 3 aromatic rings. The molecule has 0 spiro atoms. The molecule has 108 valence electrons. The average Bonchev–Trinajstić information content (AvgIpc) is 3.09. The van der Waals surface area contributed by atoms with Crippen LogP contribution in [0, 0.1) is 5.92 Å². The summed E-state index contributed by atoms with van der Waals surface area (Å²) in [5.41, 5.74) is 3.17. The molecular formula is C18H19NO2. The molecule has 1 aromatic heterocycles. The zero-order valence-corrected chi connectivity index (χ0v) is 12.0. The van der Waals surface area contributed by atoms with Gasteiger partial charge in [-0.05, 0) is 36.1 Å². The van der Waals surface area contributed by atoms with E-state index in [1.165, 1.54) is 5.39 Å². The molecule has 0 amide bonds. The zero-order chi connectivity index (χ0) is 14.4. The van der Waals surface area contributed by atoms with Gasteiger partial charge in [-0.2, -0.15) is 0 Å². The van der Waals surface area contributed by atoms with Crippen molar-refractivity contribution in [3.05, 3.63) is 48.0 Å². The number of hydrogen-bond acceptors (Lipinski definition) is 2. The summed E-state index contributed by atoms with van der Waals surface area (Å²) in [5.74, 6) is 0.402. The highest BCUT2D eigenvalue weighted by molar-refractivity contribution is 6.07. The molecule has 2 aromatic carbocycles. The molecule has 0 saturated carbocycles. The molecule has 4 rings (SSSR count). The molecule has 3 unspecified atom stereocenters. The van der Waals surface area contributed by atoms with Gasteiger partial charge in [-0.3, -0.25) is 0 Å². The van der Waals surface area contributed by atoms with Crippen LogP contribution in [-0.2, 0) is 4.74 Å². The summed E-state index contributed by atoms with van der Waals surface area (Å²) in [6.45, 7) is 2.89. The Morgan fingerprint density at radius 3 is 2.76 bits per heavy atom. The lowest BCUT2D eigenvalue weighted by Gasteiger charge is -2.21. The smallest absolute Gasteiger partial charge is 0.105 e. The van der Waals surface area contributed by atoms with Crippen molar-refractivity contribution < 1.29 is 9.84 Å². The highest BCUT2D eigenvalue weighted by Crippen LogP contribution is 2.34. The van der Waals surface area contributed by atoms with E-state index in [2.05, 4.69) is 30.1 Å². The van der Waals surface area contributed by atoms with E-state index in [1.54, 1.807) is 0 Å². The highest BCUT2D eigenvalue weighted by atomic mass is 16.5. The molecule has 1 aliphatic heterocycles. The first-order valence-electron chi connectivity index (χ1n) is 7.54. The minimum Gasteiger partial charge on any atom is -0.386 e. The van der Waals surface area contributed by atoms with Crippen LogP contribution in [0.15, 0.2) is 42.5 Å². The molecule has 1 saturated heterocycles. The first-order chi connectivity index (χ1) is 10.2. The van der Waals surface area contributed by atoms with Gasteiger partial charge in [0.2, 0.25) is 0 Å². The van der Waals surface area contributed by atoms with Crippen molar-refractivity contribution >= 4 is 21.8 Å². The maximum Gasteiger partial charge on any atom is 0.105 e. The number of nitrogens with one attached hydrogen (secondary N) is 1. The van der Waals surface area contributed by atoms with Crippen LogP contribution in [0.3, 0.4) is 0 Å². The van der Waals surface area contributed by atoms with Gasteiger partial charge in [-0.25, -0.2) is 0 Å². The predicted octanol–water partition coefficient (Wildman–Crippen LogP) is 3.78. The first kappa shape index (κ1) is 12.9. The predicted molar refractivity (Wildman–Crippen MR) is 84.3 cm³/mol. The molecule has 2 heterocycles. The van der Waals surface area contributed by atoms with Gasteiger partial charge in [0.05, 0.1) is 6.10 Å². The van der Waals surface area contributed by atoms with E-state index in [9.17, 15) is 5.11 Å². The summed E-state index contributed by atoms with van der Waals surface area (Å²) in [6, 6.07) is 14.4. The second-order valence-corrected chi connectivity index (χ2v) is 6.02. The third kappa shape index (κ3) is 2.04. The number of aliphatic hydroxyl groups is 1. The van der Waals surface area contributed by atoms with Crippen LogP contribution >= 0.6 is 0 Å². The van der Waals surface area contributed by atoms with Crippen molar-refractivity contribution in [1.29, 1.82) is 0 Å². The lowest BCUT2D eigenvalue weighted by atomic mass is 9.94. The average molecular weight is 281 g/mol. The summed E-state index contributed by atoms with van der Waals surface area (Å²) in [4.78, 5) is 3.41. The molecule has 0 radical (unpaired) electrons. The Hall–Kier alpha value is -1.84. The highest BCUT2D eigenvalue weighted by Gasteiger charge is 2.31. The minimum absolute atomic E-state index is 0.0901. The topological polar surface area (TPSA) is 45.2 Å². The summed E-state index contributed by atoms with van der Waals surface area (Å²) >= 11 is 0. The number of para-hydroxylation sites is 1. The molecule has 1 aliphatic rings. The Labute approximate surface area is 123 Å². The Bertz CT molecular complexity index is 792. The lowest BCUT2D eigenvalue weighted by molar-refractivity contribution is -0.0177. The lowest BCUT2D eigenvalue weighted by Crippen LogP contribution is -2.22. The molecular weight excluding hydrogens is 262 g/mol. The van der Waals surface area contributed by atoms with E-state index in [1.807, 2.05) is 24.3 Å². The molecule has 0 aliphatic carbocycles. The van der Waals surface area contributed by atoms with Crippen LogP contribution in [0.5, 0.6) is 0 Å². The van der Waals surface area contributed by atoms with E-state index in [0.29, 0.717) is 5.92 Å². The van der Waals surface area contributed by atoms with Crippen molar-refractivity contribution in [3.63, 3.8) is 0 Å². The molecule has 3 atom stereocenters. The molecule has 2 N–H and O–H groups in total. The minimum atomic E-state index is -0.555. The number of ether oxygens (including phenoxy) is 1. The fourth-order valence-electron chi connectivity index (χ4n) is 3.36. The largest absolute Gasteiger partial charge is 0.386 e. The van der Waals surface area contributed by atoms with Crippen molar-refractivity contribution in [2.75, 3.05) is 6.61 Å². The van der Waals surface area contributed by atoms with E-state index in [4.69, 9.17) is 4.74 Å². The maximum absolute atomic E-state index is 10.6. The number of aromatic amines is 1. The third-order valence-electron chi connectivity index (χ3n) is 4.63. The third-order valence-corrected chi connectivity index (χ3v) is 4.63. The van der Waals surface area contributed by atoms with Gasteiger partial charge in [0.15, 0.2) is 0 Å². The van der Waals surface area contributed by atoms with Crippen molar-refractivity contribution in [1.82, 2.24) is 4.98 Å². The second-order valence-electron chi connectivity index (χ2n) is 6.02. The Kier molecular flexibility index (Phi) is 2.98. The van der Waals surface area contributed by atoms with E-state index in [0.717, 1.165) is 35.0 Å². The van der Waals surface area contributed by atoms with Gasteiger partial charge in [0.1, 0.15) is 6.10 Å². The Morgan fingerprint density at radius 1 is 1.14 bits per heavy atom. The van der Waals surface area contributed by atoms with Crippen molar-refractivity contribution in [3.8, 4) is 0 Å². The maximum atomic E-state index is 10.6. The first-order valence-corrected chi connectivity index (χ1v) is 7.54. The number of benzene rings is 2. The molecule has 3 nitrogen and oxygen atoms in total. The van der Waals surface area contributed by atoms with E-state index < -0.39 is 6.10 Å². The molecule has 0 bridgehead atoms. The summed E-state index contributed by atoms with van der Waals surface area (Å²) in [7, 11) is 0. The van der Waals surface area contributed by atoms with Gasteiger partial charge in [-0.15, -0.1) is 0 Å². The van der Waals surface area contributed by atoms with Crippen LogP contribution in [0.1, 0.15) is 25.0 Å². The number of aliphatic hydroxyl groups excluding tert-OH is 1. The van der Waals surface area contributed by atoms with Crippen molar-refractivity contribution in [2.45, 2.75) is 25.6 Å². The van der Waals surface area contributed by atoms with E-state index in [-0.39, 0.29) is 6.10 Å². The normalized spacial score (nSPS) is 23.9. The van der Waals surface area contributed by atoms with Gasteiger partial charge in [-0.1, -0.05) is 31.2 Å². The zero-order valence-electron chi connectivity index (χ0n) is 12.0. The van der Waals surface area contributed by atoms with Crippen LogP contribution < -0.4 is 0 Å². The Morgan fingerprint density at radius 2 is 1.95 bits per heavy atom. The van der Waals surface area contributed by atoms with Gasteiger partial charge in [0, 0.05) is 28.4 Å². The van der Waals surface area contributed by atoms with Crippen LogP contribution in [0.25, 0.3) is 21.8 Å². The number of hydrogen-bond donors (Lipinski definition) is 2.